The molecule has 22 heavy (non-hydrogen) atoms. The number of ether oxygens (including phenoxy) is 1. The third-order valence-electron chi connectivity index (χ3n) is 5.02. The number of anilines is 1. The maximum absolute atomic E-state index is 12.6. The number of benzene rings is 1. The number of rotatable bonds is 2. The Labute approximate surface area is 127 Å². The molecule has 5 heteroatoms. The van der Waals surface area contributed by atoms with Crippen molar-refractivity contribution < 1.29 is 19.1 Å². The van der Waals surface area contributed by atoms with Crippen LogP contribution in [0.4, 0.5) is 5.69 Å². The molecule has 2 aliphatic carbocycles. The van der Waals surface area contributed by atoms with Gasteiger partial charge in [0.25, 0.3) is 0 Å². The van der Waals surface area contributed by atoms with E-state index in [0.29, 0.717) is 11.3 Å². The minimum atomic E-state index is -0.440. The van der Waals surface area contributed by atoms with Gasteiger partial charge in [0.05, 0.1) is 30.2 Å². The number of nitrogens with zero attached hydrogens (tertiary/aromatic N) is 1. The Balaban J connectivity index is 1.65. The Bertz CT molecular complexity index is 676. The minimum Gasteiger partial charge on any atom is -0.465 e. The molecule has 2 amide bonds. The third-order valence-corrected chi connectivity index (χ3v) is 5.02. The fourth-order valence-corrected chi connectivity index (χ4v) is 4.02. The van der Waals surface area contributed by atoms with Gasteiger partial charge < -0.3 is 4.74 Å². The van der Waals surface area contributed by atoms with E-state index >= 15 is 0 Å². The normalized spacial score (nSPS) is 31.8. The molecular formula is C17H15NO4. The molecule has 5 nitrogen and oxygen atoms in total. The highest BCUT2D eigenvalue weighted by Crippen LogP contribution is 2.53. The van der Waals surface area contributed by atoms with Gasteiger partial charge in [0.2, 0.25) is 11.8 Å². The van der Waals surface area contributed by atoms with Gasteiger partial charge in [0.1, 0.15) is 0 Å². The molecule has 3 aliphatic rings. The second-order valence-electron chi connectivity index (χ2n) is 6.05. The van der Waals surface area contributed by atoms with E-state index in [2.05, 4.69) is 16.9 Å². The van der Waals surface area contributed by atoms with E-state index in [1.807, 2.05) is 0 Å². The summed E-state index contributed by atoms with van der Waals surface area (Å²) < 4.78 is 4.65. The summed E-state index contributed by atoms with van der Waals surface area (Å²) in [6.07, 6.45) is 5.06. The minimum absolute atomic E-state index is 0.113. The van der Waals surface area contributed by atoms with Crippen molar-refractivity contribution in [2.75, 3.05) is 12.0 Å². The molecule has 0 radical (unpaired) electrons. The summed E-state index contributed by atoms with van der Waals surface area (Å²) >= 11 is 0. The SMILES string of the molecule is COC(=O)c1ccc(N2C(=O)[C@@H]3[C@H](C2=O)[C@@H]2C=C[C@@H]3C2)cc1. The number of hydrogen-bond donors (Lipinski definition) is 0. The van der Waals surface area contributed by atoms with Crippen LogP contribution in [0.15, 0.2) is 36.4 Å². The summed E-state index contributed by atoms with van der Waals surface area (Å²) in [5.41, 5.74) is 0.920. The van der Waals surface area contributed by atoms with E-state index in [4.69, 9.17) is 0 Å². The number of imide groups is 1. The number of carbonyl (C=O) groups is 3. The van der Waals surface area contributed by atoms with Crippen LogP contribution in [0.25, 0.3) is 0 Å². The average molecular weight is 297 g/mol. The van der Waals surface area contributed by atoms with Crippen LogP contribution in [0.5, 0.6) is 0 Å². The molecule has 1 aromatic carbocycles. The van der Waals surface area contributed by atoms with E-state index < -0.39 is 5.97 Å². The molecule has 0 spiro atoms. The Morgan fingerprint density at radius 3 is 2.09 bits per heavy atom. The maximum atomic E-state index is 12.6. The van der Waals surface area contributed by atoms with Gasteiger partial charge in [-0.1, -0.05) is 12.2 Å². The molecule has 1 saturated heterocycles. The fraction of sp³-hybridized carbons (Fsp3) is 0.353. The summed E-state index contributed by atoms with van der Waals surface area (Å²) in [6.45, 7) is 0. The van der Waals surface area contributed by atoms with Gasteiger partial charge in [-0.15, -0.1) is 0 Å². The highest BCUT2D eigenvalue weighted by atomic mass is 16.5. The smallest absolute Gasteiger partial charge is 0.337 e. The van der Waals surface area contributed by atoms with Crippen molar-refractivity contribution in [1.82, 2.24) is 0 Å². The van der Waals surface area contributed by atoms with Crippen molar-refractivity contribution in [2.45, 2.75) is 6.42 Å². The molecule has 1 heterocycles. The number of fused-ring (bicyclic) bond motifs is 5. The summed E-state index contributed by atoms with van der Waals surface area (Å²) in [7, 11) is 1.31. The summed E-state index contributed by atoms with van der Waals surface area (Å²) in [5.74, 6) is -0.678. The van der Waals surface area contributed by atoms with E-state index in [9.17, 15) is 14.4 Å². The van der Waals surface area contributed by atoms with Crippen LogP contribution in [0.2, 0.25) is 0 Å². The lowest BCUT2D eigenvalue weighted by Crippen LogP contribution is -2.32. The van der Waals surface area contributed by atoms with Crippen LogP contribution in [0.3, 0.4) is 0 Å². The number of hydrogen-bond acceptors (Lipinski definition) is 4. The van der Waals surface area contributed by atoms with Gasteiger partial charge in [0.15, 0.2) is 0 Å². The predicted octanol–water partition coefficient (Wildman–Crippen LogP) is 1.78. The molecular weight excluding hydrogens is 282 g/mol. The van der Waals surface area contributed by atoms with Crippen molar-refractivity contribution >= 4 is 23.5 Å². The number of methoxy groups -OCH3 is 1. The molecule has 112 valence electrons. The van der Waals surface area contributed by atoms with Gasteiger partial charge in [-0.25, -0.2) is 4.79 Å². The Hall–Kier alpha value is -2.43. The number of carbonyl (C=O) groups excluding carboxylic acids is 3. The van der Waals surface area contributed by atoms with Crippen molar-refractivity contribution in [3.63, 3.8) is 0 Å². The topological polar surface area (TPSA) is 63.7 Å². The van der Waals surface area contributed by atoms with E-state index in [1.54, 1.807) is 24.3 Å². The summed E-state index contributed by atoms with van der Waals surface area (Å²) in [4.78, 5) is 38.0. The molecule has 4 atom stereocenters. The molecule has 0 aromatic heterocycles. The number of esters is 1. The highest BCUT2D eigenvalue weighted by molar-refractivity contribution is 6.22. The van der Waals surface area contributed by atoms with Crippen molar-refractivity contribution in [3.05, 3.63) is 42.0 Å². The standard InChI is InChI=1S/C17H15NO4/c1-22-17(21)9-4-6-12(7-5-9)18-15(19)13-10-2-3-11(8-10)14(13)16(18)20/h2-7,10-11,13-14H,8H2,1H3/t10-,11-,13-,14+/m1/s1. The molecule has 0 N–H and O–H groups in total. The first kappa shape index (κ1) is 13.2. The first-order chi connectivity index (χ1) is 10.6. The molecule has 2 bridgehead atoms. The van der Waals surface area contributed by atoms with Gasteiger partial charge in [-0.2, -0.15) is 0 Å². The highest BCUT2D eigenvalue weighted by Gasteiger charge is 2.59. The zero-order chi connectivity index (χ0) is 15.4. The number of allylic oxidation sites excluding steroid dienone is 2. The third kappa shape index (κ3) is 1.62. The monoisotopic (exact) mass is 297 g/mol. The molecule has 0 unspecified atom stereocenters. The molecule has 2 fully saturated rings. The molecule has 1 saturated carbocycles. The Morgan fingerprint density at radius 1 is 1.05 bits per heavy atom. The lowest BCUT2D eigenvalue weighted by Gasteiger charge is -2.17. The van der Waals surface area contributed by atoms with Crippen molar-refractivity contribution in [3.8, 4) is 0 Å². The zero-order valence-corrected chi connectivity index (χ0v) is 12.1. The lowest BCUT2D eigenvalue weighted by molar-refractivity contribution is -0.123. The molecule has 4 rings (SSSR count). The second-order valence-corrected chi connectivity index (χ2v) is 6.05. The number of amides is 2. The van der Waals surface area contributed by atoms with Crippen LogP contribution in [-0.2, 0) is 14.3 Å². The first-order valence-electron chi connectivity index (χ1n) is 7.36. The molecule has 1 aromatic rings. The summed E-state index contributed by atoms with van der Waals surface area (Å²) in [5, 5.41) is 0. The van der Waals surface area contributed by atoms with Crippen LogP contribution in [0.1, 0.15) is 16.8 Å². The largest absolute Gasteiger partial charge is 0.465 e. The maximum Gasteiger partial charge on any atom is 0.337 e. The molecule has 1 aliphatic heterocycles. The van der Waals surface area contributed by atoms with Gasteiger partial charge in [0, 0.05) is 0 Å². The zero-order valence-electron chi connectivity index (χ0n) is 12.1. The van der Waals surface area contributed by atoms with Crippen molar-refractivity contribution in [1.29, 1.82) is 0 Å². The van der Waals surface area contributed by atoms with Crippen LogP contribution in [-0.4, -0.2) is 24.9 Å². The summed E-state index contributed by atoms with van der Waals surface area (Å²) in [6, 6.07) is 6.39. The van der Waals surface area contributed by atoms with E-state index in [-0.39, 0.29) is 35.5 Å². The predicted molar refractivity (Wildman–Crippen MR) is 78.0 cm³/mol. The second kappa shape index (κ2) is 4.53. The van der Waals surface area contributed by atoms with Crippen molar-refractivity contribution in [2.24, 2.45) is 23.7 Å². The average Bonchev–Trinajstić information content (AvgIpc) is 3.21. The first-order valence-corrected chi connectivity index (χ1v) is 7.36. The lowest BCUT2D eigenvalue weighted by atomic mass is 9.85. The fourth-order valence-electron chi connectivity index (χ4n) is 4.02. The van der Waals surface area contributed by atoms with E-state index in [1.165, 1.54) is 12.0 Å². The van der Waals surface area contributed by atoms with Crippen LogP contribution < -0.4 is 4.90 Å². The van der Waals surface area contributed by atoms with Crippen LogP contribution in [0, 0.1) is 23.7 Å². The Morgan fingerprint density at radius 2 is 1.59 bits per heavy atom. The van der Waals surface area contributed by atoms with E-state index in [0.717, 1.165) is 6.42 Å². The van der Waals surface area contributed by atoms with Crippen LogP contribution >= 0.6 is 0 Å². The van der Waals surface area contributed by atoms with Gasteiger partial charge in [-0.3, -0.25) is 14.5 Å². The Kier molecular flexibility index (Phi) is 2.73. The quantitative estimate of drug-likeness (QED) is 0.474. The van der Waals surface area contributed by atoms with Gasteiger partial charge in [-0.05, 0) is 42.5 Å². The van der Waals surface area contributed by atoms with Gasteiger partial charge >= 0.3 is 5.97 Å².